The average Bonchev–Trinajstić information content (AvgIpc) is 2.44. The second-order valence-electron chi connectivity index (χ2n) is 4.08. The van der Waals surface area contributed by atoms with Crippen molar-refractivity contribution in [1.29, 1.82) is 0 Å². The molecule has 0 spiro atoms. The summed E-state index contributed by atoms with van der Waals surface area (Å²) >= 11 is 1.81. The number of carbonyl (C=O) groups is 1. The molecule has 4 heteroatoms. The van der Waals surface area contributed by atoms with Gasteiger partial charge in [0.05, 0.1) is 6.61 Å². The lowest BCUT2D eigenvalue weighted by Gasteiger charge is -2.23. The van der Waals surface area contributed by atoms with Gasteiger partial charge in [-0.2, -0.15) is 0 Å². The van der Waals surface area contributed by atoms with Crippen molar-refractivity contribution >= 4 is 18.0 Å². The second kappa shape index (κ2) is 9.78. The lowest BCUT2D eigenvalue weighted by Crippen LogP contribution is -2.36. The molecule has 1 heterocycles. The number of hydrogen-bond donors (Lipinski definition) is 1. The predicted molar refractivity (Wildman–Crippen MR) is 80.5 cm³/mol. The van der Waals surface area contributed by atoms with Crippen LogP contribution in [0.1, 0.15) is 12.0 Å². The highest BCUT2D eigenvalue weighted by Gasteiger charge is 2.14. The van der Waals surface area contributed by atoms with Crippen LogP contribution >= 0.6 is 11.8 Å². The molecule has 1 aliphatic rings. The third-order valence-corrected chi connectivity index (χ3v) is 3.79. The molecule has 1 fully saturated rings. The molecule has 0 aromatic heterocycles. The summed E-state index contributed by atoms with van der Waals surface area (Å²) in [5, 5.41) is 3.33. The SMILES string of the molecule is C=CCC=O.Cc1ccccc1SC1CNCCO1. The first-order valence-corrected chi connectivity index (χ1v) is 7.25. The molecule has 3 nitrogen and oxygen atoms in total. The molecule has 1 atom stereocenters. The van der Waals surface area contributed by atoms with E-state index in [0.717, 1.165) is 26.0 Å². The molecular formula is C15H21NO2S. The number of allylic oxidation sites excluding steroid dienone is 1. The Morgan fingerprint density at radius 2 is 2.32 bits per heavy atom. The molecule has 0 saturated carbocycles. The zero-order chi connectivity index (χ0) is 13.9. The number of benzene rings is 1. The second-order valence-corrected chi connectivity index (χ2v) is 5.28. The van der Waals surface area contributed by atoms with Crippen LogP contribution in [-0.2, 0) is 9.53 Å². The van der Waals surface area contributed by atoms with Gasteiger partial charge >= 0.3 is 0 Å². The van der Waals surface area contributed by atoms with E-state index in [9.17, 15) is 4.79 Å². The molecule has 0 amide bonds. The summed E-state index contributed by atoms with van der Waals surface area (Å²) in [7, 11) is 0. The number of rotatable bonds is 4. The van der Waals surface area contributed by atoms with Crippen LogP contribution in [0.2, 0.25) is 0 Å². The third kappa shape index (κ3) is 6.57. The van der Waals surface area contributed by atoms with Crippen LogP contribution in [0.25, 0.3) is 0 Å². The van der Waals surface area contributed by atoms with Crippen LogP contribution in [0, 0.1) is 6.92 Å². The molecule has 2 rings (SSSR count). The van der Waals surface area contributed by atoms with Crippen molar-refractivity contribution in [3.63, 3.8) is 0 Å². The lowest BCUT2D eigenvalue weighted by atomic mass is 10.2. The molecule has 1 aromatic carbocycles. The smallest absolute Gasteiger partial charge is 0.123 e. The van der Waals surface area contributed by atoms with Gasteiger partial charge in [0.2, 0.25) is 0 Å². The van der Waals surface area contributed by atoms with Gasteiger partial charge in [0, 0.05) is 24.4 Å². The third-order valence-electron chi connectivity index (χ3n) is 2.51. The quantitative estimate of drug-likeness (QED) is 0.679. The van der Waals surface area contributed by atoms with Gasteiger partial charge < -0.3 is 14.8 Å². The number of aldehydes is 1. The molecule has 19 heavy (non-hydrogen) atoms. The highest BCUT2D eigenvalue weighted by atomic mass is 32.2. The molecule has 1 aromatic rings. The number of ether oxygens (including phenoxy) is 1. The summed E-state index contributed by atoms with van der Waals surface area (Å²) < 4.78 is 5.64. The maximum Gasteiger partial charge on any atom is 0.123 e. The number of aryl methyl sites for hydroxylation is 1. The fraction of sp³-hybridized carbons (Fsp3) is 0.400. The first-order valence-electron chi connectivity index (χ1n) is 6.37. The Morgan fingerprint density at radius 3 is 2.84 bits per heavy atom. The van der Waals surface area contributed by atoms with Gasteiger partial charge in [-0.3, -0.25) is 0 Å². The maximum atomic E-state index is 9.33. The number of hydrogen-bond acceptors (Lipinski definition) is 4. The van der Waals surface area contributed by atoms with Gasteiger partial charge in [0.1, 0.15) is 11.7 Å². The Labute approximate surface area is 119 Å². The van der Waals surface area contributed by atoms with E-state index in [4.69, 9.17) is 4.74 Å². The Balaban J connectivity index is 0.000000312. The van der Waals surface area contributed by atoms with Gasteiger partial charge in [0.25, 0.3) is 0 Å². The van der Waals surface area contributed by atoms with Crippen molar-refractivity contribution in [3.8, 4) is 0 Å². The summed E-state index contributed by atoms with van der Waals surface area (Å²) in [5.74, 6) is 0. The summed E-state index contributed by atoms with van der Waals surface area (Å²) in [6.07, 6.45) is 2.85. The minimum atomic E-state index is 0.268. The van der Waals surface area contributed by atoms with E-state index < -0.39 is 0 Å². The monoisotopic (exact) mass is 279 g/mol. The number of thioether (sulfide) groups is 1. The van der Waals surface area contributed by atoms with E-state index in [1.54, 1.807) is 17.8 Å². The predicted octanol–water partition coefficient (Wildman–Crippen LogP) is 2.79. The van der Waals surface area contributed by atoms with E-state index in [-0.39, 0.29) is 5.44 Å². The molecule has 1 unspecified atom stereocenters. The fourth-order valence-corrected chi connectivity index (χ4v) is 2.58. The summed E-state index contributed by atoms with van der Waals surface area (Å²) in [6, 6.07) is 8.43. The molecular weight excluding hydrogens is 258 g/mol. The van der Waals surface area contributed by atoms with Gasteiger partial charge in [-0.1, -0.05) is 36.0 Å². The summed E-state index contributed by atoms with van der Waals surface area (Å²) in [6.45, 7) is 8.20. The average molecular weight is 279 g/mol. The van der Waals surface area contributed by atoms with Gasteiger partial charge in [-0.25, -0.2) is 0 Å². The largest absolute Gasteiger partial charge is 0.365 e. The van der Waals surface area contributed by atoms with Crippen LogP contribution in [0.3, 0.4) is 0 Å². The van der Waals surface area contributed by atoms with Crippen LogP contribution in [0.15, 0.2) is 41.8 Å². The first kappa shape index (κ1) is 16.0. The number of nitrogens with one attached hydrogen (secondary N) is 1. The van der Waals surface area contributed by atoms with Crippen molar-refractivity contribution < 1.29 is 9.53 Å². The Kier molecular flexibility index (Phi) is 8.21. The zero-order valence-electron chi connectivity index (χ0n) is 11.3. The minimum absolute atomic E-state index is 0.268. The van der Waals surface area contributed by atoms with Crippen molar-refractivity contribution in [2.24, 2.45) is 0 Å². The van der Waals surface area contributed by atoms with Crippen LogP contribution in [-0.4, -0.2) is 31.4 Å². The van der Waals surface area contributed by atoms with Crippen molar-refractivity contribution in [3.05, 3.63) is 42.5 Å². The number of morpholine rings is 1. The van der Waals surface area contributed by atoms with Gasteiger partial charge in [0.15, 0.2) is 0 Å². The zero-order valence-corrected chi connectivity index (χ0v) is 12.1. The van der Waals surface area contributed by atoms with Gasteiger partial charge in [-0.15, -0.1) is 6.58 Å². The standard InChI is InChI=1S/C11H15NOS.C4H6O/c1-9-4-2-3-5-10(9)14-11-8-12-6-7-13-11;1-2-3-4-5/h2-5,11-12H,6-8H2,1H3;2,4H,1,3H2. The van der Waals surface area contributed by atoms with Crippen LogP contribution in [0.5, 0.6) is 0 Å². The van der Waals surface area contributed by atoms with E-state index in [1.807, 2.05) is 0 Å². The Hall–Kier alpha value is -1.10. The van der Waals surface area contributed by atoms with Gasteiger partial charge in [-0.05, 0) is 18.6 Å². The summed E-state index contributed by atoms with van der Waals surface area (Å²) in [4.78, 5) is 10.7. The van der Waals surface area contributed by atoms with E-state index in [1.165, 1.54) is 10.5 Å². The van der Waals surface area contributed by atoms with Crippen molar-refractivity contribution in [1.82, 2.24) is 5.32 Å². The first-order chi connectivity index (χ1) is 9.27. The highest BCUT2D eigenvalue weighted by Crippen LogP contribution is 2.27. The molecule has 0 radical (unpaired) electrons. The molecule has 0 aliphatic carbocycles. The van der Waals surface area contributed by atoms with Crippen molar-refractivity contribution in [2.75, 3.05) is 19.7 Å². The van der Waals surface area contributed by atoms with E-state index in [0.29, 0.717) is 6.42 Å². The Bertz CT molecular complexity index is 383. The molecule has 0 bridgehead atoms. The van der Waals surface area contributed by atoms with Crippen molar-refractivity contribution in [2.45, 2.75) is 23.7 Å². The molecule has 1 N–H and O–H groups in total. The molecule has 1 saturated heterocycles. The summed E-state index contributed by atoms with van der Waals surface area (Å²) in [5.41, 5.74) is 1.59. The van der Waals surface area contributed by atoms with Crippen LogP contribution < -0.4 is 5.32 Å². The van der Waals surface area contributed by atoms with E-state index >= 15 is 0 Å². The highest BCUT2D eigenvalue weighted by molar-refractivity contribution is 7.99. The molecule has 104 valence electrons. The van der Waals surface area contributed by atoms with E-state index in [2.05, 4.69) is 43.1 Å². The lowest BCUT2D eigenvalue weighted by molar-refractivity contribution is -0.107. The van der Waals surface area contributed by atoms with Crippen LogP contribution in [0.4, 0.5) is 0 Å². The molecule has 1 aliphatic heterocycles. The Morgan fingerprint density at radius 1 is 1.53 bits per heavy atom. The topological polar surface area (TPSA) is 38.3 Å². The number of carbonyl (C=O) groups excluding carboxylic acids is 1. The normalized spacial score (nSPS) is 18.1. The fourth-order valence-electron chi connectivity index (χ4n) is 1.52. The maximum absolute atomic E-state index is 9.33. The minimum Gasteiger partial charge on any atom is -0.365 e.